The SMILES string of the molecule is O=C1CN(C(=O)c2ccccc2)C(c2ccccc2Cl)c2cc(Br)ccc2N1. The van der Waals surface area contributed by atoms with Crippen LogP contribution in [0.4, 0.5) is 5.69 Å². The van der Waals surface area contributed by atoms with Crippen molar-refractivity contribution in [1.29, 1.82) is 0 Å². The maximum atomic E-state index is 13.4. The zero-order valence-corrected chi connectivity index (χ0v) is 17.1. The van der Waals surface area contributed by atoms with Crippen LogP contribution in [0, 0.1) is 0 Å². The van der Waals surface area contributed by atoms with Crippen molar-refractivity contribution in [2.75, 3.05) is 11.9 Å². The molecule has 0 bridgehead atoms. The molecule has 0 fully saturated rings. The number of nitrogens with one attached hydrogen (secondary N) is 1. The number of carbonyl (C=O) groups is 2. The third-order valence-corrected chi connectivity index (χ3v) is 5.53. The van der Waals surface area contributed by atoms with E-state index >= 15 is 0 Å². The standard InChI is InChI=1S/C22H16BrClN2O2/c23-15-10-11-19-17(12-15)21(16-8-4-5-9-18(16)24)26(13-20(27)25-19)22(28)14-6-2-1-3-7-14/h1-12,21H,13H2,(H,25,27). The molecule has 0 aliphatic carbocycles. The number of nitrogens with zero attached hydrogens (tertiary/aromatic N) is 1. The molecule has 0 spiro atoms. The van der Waals surface area contributed by atoms with Crippen LogP contribution in [0.1, 0.15) is 27.5 Å². The molecular weight excluding hydrogens is 440 g/mol. The van der Waals surface area contributed by atoms with E-state index in [1.165, 1.54) is 0 Å². The summed E-state index contributed by atoms with van der Waals surface area (Å²) in [6.45, 7) is -0.0735. The van der Waals surface area contributed by atoms with Gasteiger partial charge in [0.1, 0.15) is 6.54 Å². The third-order valence-electron chi connectivity index (χ3n) is 4.69. The normalized spacial score (nSPS) is 16.1. The van der Waals surface area contributed by atoms with Gasteiger partial charge in [-0.1, -0.05) is 63.9 Å². The summed E-state index contributed by atoms with van der Waals surface area (Å²) in [6.07, 6.45) is 0. The highest BCUT2D eigenvalue weighted by Crippen LogP contribution is 2.40. The van der Waals surface area contributed by atoms with Gasteiger partial charge in [0.05, 0.1) is 6.04 Å². The van der Waals surface area contributed by atoms with Gasteiger partial charge in [-0.3, -0.25) is 9.59 Å². The Bertz CT molecular complexity index is 1060. The molecule has 1 N–H and O–H groups in total. The summed E-state index contributed by atoms with van der Waals surface area (Å²) in [4.78, 5) is 27.5. The van der Waals surface area contributed by atoms with Crippen molar-refractivity contribution in [2.24, 2.45) is 0 Å². The van der Waals surface area contributed by atoms with Gasteiger partial charge in [0.2, 0.25) is 5.91 Å². The van der Waals surface area contributed by atoms with Gasteiger partial charge in [0.25, 0.3) is 5.91 Å². The second-order valence-corrected chi connectivity index (χ2v) is 7.83. The fraction of sp³-hybridized carbons (Fsp3) is 0.0909. The van der Waals surface area contributed by atoms with Gasteiger partial charge in [-0.15, -0.1) is 0 Å². The quantitative estimate of drug-likeness (QED) is 0.571. The van der Waals surface area contributed by atoms with E-state index in [1.807, 2.05) is 42.5 Å². The van der Waals surface area contributed by atoms with Crippen LogP contribution < -0.4 is 5.32 Å². The van der Waals surface area contributed by atoms with Gasteiger partial charge in [-0.05, 0) is 42.0 Å². The molecule has 0 saturated carbocycles. The lowest BCUT2D eigenvalue weighted by molar-refractivity contribution is -0.117. The van der Waals surface area contributed by atoms with Gasteiger partial charge < -0.3 is 10.2 Å². The van der Waals surface area contributed by atoms with Crippen LogP contribution in [-0.2, 0) is 4.79 Å². The Hall–Kier alpha value is -2.63. The molecule has 1 heterocycles. The van der Waals surface area contributed by atoms with Crippen LogP contribution in [0.15, 0.2) is 77.3 Å². The van der Waals surface area contributed by atoms with Crippen molar-refractivity contribution >= 4 is 45.0 Å². The number of halogens is 2. The van der Waals surface area contributed by atoms with Crippen LogP contribution in [0.3, 0.4) is 0 Å². The first-order valence-corrected chi connectivity index (χ1v) is 9.91. The number of carbonyl (C=O) groups excluding carboxylic acids is 2. The summed E-state index contributed by atoms with van der Waals surface area (Å²) in [5, 5.41) is 3.45. The summed E-state index contributed by atoms with van der Waals surface area (Å²) in [7, 11) is 0. The maximum Gasteiger partial charge on any atom is 0.255 e. The van der Waals surface area contributed by atoms with Crippen LogP contribution in [0.5, 0.6) is 0 Å². The average Bonchev–Trinajstić information content (AvgIpc) is 2.84. The maximum absolute atomic E-state index is 13.4. The first kappa shape index (κ1) is 18.7. The number of anilines is 1. The third kappa shape index (κ3) is 3.55. The summed E-state index contributed by atoms with van der Waals surface area (Å²) < 4.78 is 0.853. The van der Waals surface area contributed by atoms with Crippen molar-refractivity contribution in [3.8, 4) is 0 Å². The van der Waals surface area contributed by atoms with E-state index in [9.17, 15) is 9.59 Å². The molecule has 1 unspecified atom stereocenters. The number of hydrogen-bond donors (Lipinski definition) is 1. The van der Waals surface area contributed by atoms with Gasteiger partial charge in [-0.25, -0.2) is 0 Å². The van der Waals surface area contributed by atoms with Crippen molar-refractivity contribution in [3.63, 3.8) is 0 Å². The molecule has 4 nitrogen and oxygen atoms in total. The lowest BCUT2D eigenvalue weighted by Gasteiger charge is -2.31. The first-order valence-electron chi connectivity index (χ1n) is 8.74. The Kier molecular flexibility index (Phi) is 5.20. The molecule has 2 amide bonds. The minimum Gasteiger partial charge on any atom is -0.324 e. The predicted molar refractivity (Wildman–Crippen MR) is 114 cm³/mol. The number of benzene rings is 3. The van der Waals surface area contributed by atoms with Crippen molar-refractivity contribution in [3.05, 3.63) is 99.0 Å². The van der Waals surface area contributed by atoms with E-state index in [2.05, 4.69) is 21.2 Å². The molecule has 1 atom stereocenters. The number of rotatable bonds is 2. The van der Waals surface area contributed by atoms with Crippen LogP contribution >= 0.6 is 27.5 Å². The molecule has 1 aliphatic heterocycles. The van der Waals surface area contributed by atoms with Gasteiger partial charge in [0.15, 0.2) is 0 Å². The molecule has 3 aromatic rings. The second-order valence-electron chi connectivity index (χ2n) is 6.50. The number of amides is 2. The molecule has 28 heavy (non-hydrogen) atoms. The minimum absolute atomic E-state index is 0.0735. The molecule has 3 aromatic carbocycles. The predicted octanol–water partition coefficient (Wildman–Crippen LogP) is 5.29. The zero-order chi connectivity index (χ0) is 19.7. The van der Waals surface area contributed by atoms with Crippen LogP contribution in [0.2, 0.25) is 5.02 Å². The highest BCUT2D eigenvalue weighted by Gasteiger charge is 2.35. The van der Waals surface area contributed by atoms with E-state index < -0.39 is 6.04 Å². The highest BCUT2D eigenvalue weighted by molar-refractivity contribution is 9.10. The zero-order valence-electron chi connectivity index (χ0n) is 14.7. The molecule has 0 aromatic heterocycles. The molecule has 0 radical (unpaired) electrons. The molecule has 0 saturated heterocycles. The summed E-state index contributed by atoms with van der Waals surface area (Å²) >= 11 is 10.0. The molecule has 140 valence electrons. The summed E-state index contributed by atoms with van der Waals surface area (Å²) in [6, 6.07) is 21.5. The fourth-order valence-electron chi connectivity index (χ4n) is 3.45. The Morgan fingerprint density at radius 3 is 2.46 bits per heavy atom. The van der Waals surface area contributed by atoms with Crippen LogP contribution in [0.25, 0.3) is 0 Å². The summed E-state index contributed by atoms with van der Waals surface area (Å²) in [5.74, 6) is -0.476. The van der Waals surface area contributed by atoms with Gasteiger partial charge >= 0.3 is 0 Å². The molecule has 6 heteroatoms. The average molecular weight is 456 g/mol. The number of fused-ring (bicyclic) bond motifs is 1. The lowest BCUT2D eigenvalue weighted by atomic mass is 9.95. The Morgan fingerprint density at radius 2 is 1.71 bits per heavy atom. The van der Waals surface area contributed by atoms with E-state index in [0.29, 0.717) is 16.3 Å². The van der Waals surface area contributed by atoms with Crippen molar-refractivity contribution < 1.29 is 9.59 Å². The van der Waals surface area contributed by atoms with E-state index in [-0.39, 0.29) is 18.4 Å². The Morgan fingerprint density at radius 1 is 1.00 bits per heavy atom. The first-order chi connectivity index (χ1) is 13.5. The van der Waals surface area contributed by atoms with Crippen molar-refractivity contribution in [1.82, 2.24) is 4.90 Å². The van der Waals surface area contributed by atoms with E-state index in [4.69, 9.17) is 11.6 Å². The van der Waals surface area contributed by atoms with Crippen LogP contribution in [-0.4, -0.2) is 23.3 Å². The smallest absolute Gasteiger partial charge is 0.255 e. The second kappa shape index (κ2) is 7.78. The molecule has 1 aliphatic rings. The fourth-order valence-corrected chi connectivity index (χ4v) is 4.06. The highest BCUT2D eigenvalue weighted by atomic mass is 79.9. The molecular formula is C22H16BrClN2O2. The number of hydrogen-bond acceptors (Lipinski definition) is 2. The van der Waals surface area contributed by atoms with Gasteiger partial charge in [0, 0.05) is 26.3 Å². The van der Waals surface area contributed by atoms with Gasteiger partial charge in [-0.2, -0.15) is 0 Å². The monoisotopic (exact) mass is 454 g/mol. The Balaban J connectivity index is 1.93. The summed E-state index contributed by atoms with van der Waals surface area (Å²) in [5.41, 5.74) is 2.76. The minimum atomic E-state index is -0.507. The largest absolute Gasteiger partial charge is 0.324 e. The lowest BCUT2D eigenvalue weighted by Crippen LogP contribution is -2.39. The van der Waals surface area contributed by atoms with Crippen molar-refractivity contribution in [2.45, 2.75) is 6.04 Å². The Labute approximate surface area is 176 Å². The molecule has 4 rings (SSSR count). The van der Waals surface area contributed by atoms with E-state index in [0.717, 1.165) is 15.6 Å². The van der Waals surface area contributed by atoms with E-state index in [1.54, 1.807) is 35.2 Å². The topological polar surface area (TPSA) is 49.4 Å².